The van der Waals surface area contributed by atoms with E-state index in [0.29, 0.717) is 46.4 Å². The minimum absolute atomic E-state index is 0.0689. The number of benzene rings is 2. The minimum Gasteiger partial charge on any atom is -0.496 e. The summed E-state index contributed by atoms with van der Waals surface area (Å²) < 4.78 is 37.2. The number of esters is 1. The molecule has 4 rings (SSSR count). The topological polar surface area (TPSA) is 116 Å². The highest BCUT2D eigenvalue weighted by molar-refractivity contribution is 6.14. The Bertz CT molecular complexity index is 1290. The number of carbonyl (C=O) groups is 2. The van der Waals surface area contributed by atoms with Crippen LogP contribution in [0.15, 0.2) is 46.7 Å². The number of carbonyl (C=O) groups excluding carboxylic acids is 2. The van der Waals surface area contributed by atoms with E-state index in [0.717, 1.165) is 0 Å². The number of aromatic nitrogens is 1. The highest BCUT2D eigenvalue weighted by atomic mass is 16.5. The van der Waals surface area contributed by atoms with Gasteiger partial charge in [0.15, 0.2) is 17.3 Å². The fraction of sp³-hybridized carbons (Fsp3) is 0.240. The van der Waals surface area contributed by atoms with Gasteiger partial charge in [0, 0.05) is 30.2 Å². The molecule has 0 unspecified atom stereocenters. The molecule has 1 aromatic heterocycles. The Balaban J connectivity index is 1.48. The van der Waals surface area contributed by atoms with Crippen molar-refractivity contribution < 1.29 is 42.5 Å². The molecule has 3 aromatic rings. The maximum Gasteiger partial charge on any atom is 0.311 e. The molecule has 1 aliphatic heterocycles. The van der Waals surface area contributed by atoms with Gasteiger partial charge in [0.25, 0.3) is 5.88 Å². The van der Waals surface area contributed by atoms with Crippen LogP contribution in [0.1, 0.15) is 28.1 Å². The number of aryl methyl sites for hydroxylation is 1. The second kappa shape index (κ2) is 10.2. The molecule has 0 spiro atoms. The number of ether oxygens (including phenoxy) is 6. The van der Waals surface area contributed by atoms with Gasteiger partial charge in [0.05, 0.1) is 40.4 Å². The molecule has 2 aromatic carbocycles. The van der Waals surface area contributed by atoms with Crippen molar-refractivity contribution in [3.05, 3.63) is 59.0 Å². The third-order valence-electron chi connectivity index (χ3n) is 5.22. The molecule has 0 saturated carbocycles. The largest absolute Gasteiger partial charge is 0.496 e. The number of hydrogen-bond donors (Lipinski definition) is 0. The zero-order valence-electron chi connectivity index (χ0n) is 19.6. The first-order valence-electron chi connectivity index (χ1n) is 10.5. The van der Waals surface area contributed by atoms with Crippen LogP contribution in [0.4, 0.5) is 0 Å². The van der Waals surface area contributed by atoms with Crippen molar-refractivity contribution >= 4 is 17.8 Å². The lowest BCUT2D eigenvalue weighted by Crippen LogP contribution is -2.08. The Morgan fingerprint density at radius 1 is 0.943 bits per heavy atom. The van der Waals surface area contributed by atoms with Gasteiger partial charge in [0.1, 0.15) is 23.0 Å². The van der Waals surface area contributed by atoms with E-state index >= 15 is 0 Å². The molecule has 0 fully saturated rings. The summed E-state index contributed by atoms with van der Waals surface area (Å²) in [5, 5.41) is 3.68. The first-order valence-corrected chi connectivity index (χ1v) is 10.5. The number of fused-ring (bicyclic) bond motifs is 1. The molecule has 0 amide bonds. The number of methoxy groups -OCH3 is 4. The Kier molecular flexibility index (Phi) is 6.91. The van der Waals surface area contributed by atoms with Gasteiger partial charge in [-0.15, -0.1) is 0 Å². The lowest BCUT2D eigenvalue weighted by atomic mass is 10.1. The molecule has 0 bridgehead atoms. The van der Waals surface area contributed by atoms with Gasteiger partial charge in [-0.05, 0) is 29.4 Å². The molecule has 0 atom stereocenters. The summed E-state index contributed by atoms with van der Waals surface area (Å²) in [5.74, 6) is 2.11. The SMILES string of the molecule is COc1cc(CCC(=O)Oc2ccc3c(c2)O/C(=C\c2cc(OC)c(OC)cc2OC)C3=O)on1. The number of ketones is 1. The quantitative estimate of drug-likeness (QED) is 0.253. The first-order chi connectivity index (χ1) is 16.9. The summed E-state index contributed by atoms with van der Waals surface area (Å²) in [7, 11) is 6.02. The number of allylic oxidation sites excluding steroid dienone is 1. The average molecular weight is 481 g/mol. The van der Waals surface area contributed by atoms with E-state index in [9.17, 15) is 9.59 Å². The molecule has 1 aliphatic rings. The first kappa shape index (κ1) is 23.7. The van der Waals surface area contributed by atoms with E-state index in [-0.39, 0.29) is 29.5 Å². The molecule has 10 nitrogen and oxygen atoms in total. The van der Waals surface area contributed by atoms with Gasteiger partial charge in [-0.25, -0.2) is 0 Å². The maximum absolute atomic E-state index is 12.9. The molecule has 0 radical (unpaired) electrons. The van der Waals surface area contributed by atoms with Crippen LogP contribution in [-0.2, 0) is 11.2 Å². The normalized spacial score (nSPS) is 13.3. The summed E-state index contributed by atoms with van der Waals surface area (Å²) in [6.45, 7) is 0. The van der Waals surface area contributed by atoms with Crippen LogP contribution in [0, 0.1) is 0 Å². The standard InChI is InChI=1S/C25H23NO9/c1-29-18-13-21(31-3)20(30-2)9-14(18)10-22-25(28)17-7-5-15(11-19(17)34-22)33-24(27)8-6-16-12-23(32-4)26-35-16/h5,7,9-13H,6,8H2,1-4H3/b22-10-. The third kappa shape index (κ3) is 5.06. The van der Waals surface area contributed by atoms with Crippen LogP contribution in [0.3, 0.4) is 0 Å². The summed E-state index contributed by atoms with van der Waals surface area (Å²) in [6.07, 6.45) is 1.93. The highest BCUT2D eigenvalue weighted by Crippen LogP contribution is 2.39. The Hall–Kier alpha value is -4.47. The molecule has 10 heteroatoms. The molecular formula is C25H23NO9. The van der Waals surface area contributed by atoms with E-state index in [4.69, 9.17) is 32.9 Å². The smallest absolute Gasteiger partial charge is 0.311 e. The van der Waals surface area contributed by atoms with Crippen LogP contribution in [0.2, 0.25) is 0 Å². The van der Waals surface area contributed by atoms with E-state index < -0.39 is 5.97 Å². The minimum atomic E-state index is -0.476. The maximum atomic E-state index is 12.9. The summed E-state index contributed by atoms with van der Waals surface area (Å²) in [6, 6.07) is 9.52. The van der Waals surface area contributed by atoms with E-state index in [2.05, 4.69) is 5.16 Å². The average Bonchev–Trinajstić information content (AvgIpc) is 3.46. The second-order valence-electron chi connectivity index (χ2n) is 7.36. The lowest BCUT2D eigenvalue weighted by Gasteiger charge is -2.12. The van der Waals surface area contributed by atoms with Crippen molar-refractivity contribution in [3.63, 3.8) is 0 Å². The van der Waals surface area contributed by atoms with Gasteiger partial charge in [-0.3, -0.25) is 9.59 Å². The summed E-state index contributed by atoms with van der Waals surface area (Å²) in [5.41, 5.74) is 0.918. The summed E-state index contributed by atoms with van der Waals surface area (Å²) in [4.78, 5) is 25.1. The van der Waals surface area contributed by atoms with Gasteiger partial charge in [-0.1, -0.05) is 0 Å². The van der Waals surface area contributed by atoms with Gasteiger partial charge in [-0.2, -0.15) is 0 Å². The van der Waals surface area contributed by atoms with E-state index in [1.54, 1.807) is 30.3 Å². The predicted molar refractivity (Wildman–Crippen MR) is 122 cm³/mol. The van der Waals surface area contributed by atoms with Gasteiger partial charge >= 0.3 is 5.97 Å². The highest BCUT2D eigenvalue weighted by Gasteiger charge is 2.28. The fourth-order valence-corrected chi connectivity index (χ4v) is 3.45. The third-order valence-corrected chi connectivity index (χ3v) is 5.22. The Morgan fingerprint density at radius 3 is 2.37 bits per heavy atom. The van der Waals surface area contributed by atoms with Crippen LogP contribution >= 0.6 is 0 Å². The number of Topliss-reactive ketones (excluding diaryl/α,β-unsaturated/α-hetero) is 1. The van der Waals surface area contributed by atoms with Crippen molar-refractivity contribution in [3.8, 4) is 34.6 Å². The zero-order valence-corrected chi connectivity index (χ0v) is 19.6. The van der Waals surface area contributed by atoms with Crippen molar-refractivity contribution in [1.29, 1.82) is 0 Å². The van der Waals surface area contributed by atoms with Gasteiger partial charge < -0.3 is 32.9 Å². The van der Waals surface area contributed by atoms with E-state index in [1.165, 1.54) is 40.6 Å². The van der Waals surface area contributed by atoms with Crippen LogP contribution in [0.25, 0.3) is 6.08 Å². The van der Waals surface area contributed by atoms with E-state index in [1.807, 2.05) is 0 Å². The molecule has 182 valence electrons. The molecule has 0 aliphatic carbocycles. The second-order valence-corrected chi connectivity index (χ2v) is 7.36. The van der Waals surface area contributed by atoms with Crippen molar-refractivity contribution in [2.24, 2.45) is 0 Å². The number of hydrogen-bond acceptors (Lipinski definition) is 10. The van der Waals surface area contributed by atoms with Crippen LogP contribution < -0.4 is 28.4 Å². The molecule has 0 N–H and O–H groups in total. The Morgan fingerprint density at radius 2 is 1.69 bits per heavy atom. The number of rotatable bonds is 9. The molecule has 35 heavy (non-hydrogen) atoms. The van der Waals surface area contributed by atoms with Crippen molar-refractivity contribution in [2.75, 3.05) is 28.4 Å². The van der Waals surface area contributed by atoms with Crippen LogP contribution in [-0.4, -0.2) is 45.3 Å². The number of nitrogens with zero attached hydrogens (tertiary/aromatic N) is 1. The fourth-order valence-electron chi connectivity index (χ4n) is 3.45. The van der Waals surface area contributed by atoms with Crippen molar-refractivity contribution in [1.82, 2.24) is 5.16 Å². The molecule has 0 saturated heterocycles. The monoisotopic (exact) mass is 481 g/mol. The predicted octanol–water partition coefficient (Wildman–Crippen LogP) is 3.86. The van der Waals surface area contributed by atoms with Crippen molar-refractivity contribution in [2.45, 2.75) is 12.8 Å². The zero-order chi connectivity index (χ0) is 24.9. The molecule has 2 heterocycles. The summed E-state index contributed by atoms with van der Waals surface area (Å²) >= 11 is 0. The molecular weight excluding hydrogens is 458 g/mol. The lowest BCUT2D eigenvalue weighted by molar-refractivity contribution is -0.134. The Labute approximate surface area is 200 Å². The van der Waals surface area contributed by atoms with Crippen LogP contribution in [0.5, 0.6) is 34.6 Å². The van der Waals surface area contributed by atoms with Gasteiger partial charge in [0.2, 0.25) is 5.78 Å².